The number of rotatable bonds is 7. The van der Waals surface area contributed by atoms with E-state index < -0.39 is 12.1 Å². The van der Waals surface area contributed by atoms with E-state index in [4.69, 9.17) is 21.6 Å². The van der Waals surface area contributed by atoms with Crippen LogP contribution < -0.4 is 4.90 Å². The number of para-hydroxylation sites is 1. The highest BCUT2D eigenvalue weighted by Crippen LogP contribution is 2.16. The van der Waals surface area contributed by atoms with Crippen molar-refractivity contribution in [1.29, 1.82) is 5.26 Å². The fourth-order valence-electron chi connectivity index (χ4n) is 2.39. The van der Waals surface area contributed by atoms with Crippen LogP contribution in [0.5, 0.6) is 0 Å². The van der Waals surface area contributed by atoms with Crippen LogP contribution in [0.3, 0.4) is 0 Å². The molecular formula is C21H19ClN2O3. The second-order valence-electron chi connectivity index (χ2n) is 5.70. The quantitative estimate of drug-likeness (QED) is 0.530. The molecule has 1 atom stereocenters. The zero-order chi connectivity index (χ0) is 19.6. The van der Waals surface area contributed by atoms with Crippen LogP contribution in [0.15, 0.2) is 60.7 Å². The molecule has 1 unspecified atom stereocenters. The van der Waals surface area contributed by atoms with Crippen molar-refractivity contribution >= 4 is 35.2 Å². The normalized spacial score (nSPS) is 11.6. The van der Waals surface area contributed by atoms with Gasteiger partial charge in [0, 0.05) is 23.3 Å². The summed E-state index contributed by atoms with van der Waals surface area (Å²) in [7, 11) is 0. The Labute approximate surface area is 163 Å². The van der Waals surface area contributed by atoms with Crippen molar-refractivity contribution in [1.82, 2.24) is 0 Å². The van der Waals surface area contributed by atoms with Gasteiger partial charge in [0.15, 0.2) is 6.10 Å². The highest BCUT2D eigenvalue weighted by Gasteiger charge is 2.24. The van der Waals surface area contributed by atoms with Crippen LogP contribution in [-0.4, -0.2) is 24.5 Å². The van der Waals surface area contributed by atoms with Gasteiger partial charge in [0.1, 0.15) is 0 Å². The van der Waals surface area contributed by atoms with Gasteiger partial charge >= 0.3 is 5.97 Å². The number of hydrogen-bond acceptors (Lipinski definition) is 4. The van der Waals surface area contributed by atoms with Crippen LogP contribution in [0.2, 0.25) is 5.02 Å². The molecule has 5 nitrogen and oxygen atoms in total. The standard InChI is InChI=1S/C21H19ClN2O3/c1-16(27-20(25)12-11-17-7-5-8-18(22)15-17)21(26)24(14-6-13-23)19-9-3-2-4-10-19/h2-5,7-12,15-16H,6,14H2,1H3/b12-11+. The van der Waals surface area contributed by atoms with Gasteiger partial charge in [-0.2, -0.15) is 5.26 Å². The lowest BCUT2D eigenvalue weighted by Gasteiger charge is -2.24. The molecule has 1 amide bonds. The van der Waals surface area contributed by atoms with Crippen molar-refractivity contribution in [2.24, 2.45) is 0 Å². The maximum absolute atomic E-state index is 12.7. The number of hydrogen-bond donors (Lipinski definition) is 0. The second-order valence-corrected chi connectivity index (χ2v) is 6.14. The lowest BCUT2D eigenvalue weighted by molar-refractivity contribution is -0.149. The molecular weight excluding hydrogens is 364 g/mol. The summed E-state index contributed by atoms with van der Waals surface area (Å²) in [4.78, 5) is 26.2. The number of carbonyl (C=O) groups excluding carboxylic acids is 2. The van der Waals surface area contributed by atoms with E-state index >= 15 is 0 Å². The summed E-state index contributed by atoms with van der Waals surface area (Å²) >= 11 is 5.90. The van der Waals surface area contributed by atoms with E-state index in [9.17, 15) is 9.59 Å². The largest absolute Gasteiger partial charge is 0.449 e. The van der Waals surface area contributed by atoms with Crippen molar-refractivity contribution in [2.45, 2.75) is 19.4 Å². The molecule has 0 spiro atoms. The zero-order valence-electron chi connectivity index (χ0n) is 14.8. The Hall–Kier alpha value is -3.10. The minimum atomic E-state index is -0.986. The molecule has 2 aromatic carbocycles. The average Bonchev–Trinajstić information content (AvgIpc) is 2.67. The third-order valence-electron chi connectivity index (χ3n) is 3.68. The molecule has 0 aliphatic rings. The maximum atomic E-state index is 12.7. The van der Waals surface area contributed by atoms with Crippen LogP contribution >= 0.6 is 11.6 Å². The Morgan fingerprint density at radius 2 is 1.96 bits per heavy atom. The lowest BCUT2D eigenvalue weighted by Crippen LogP contribution is -2.40. The van der Waals surface area contributed by atoms with Gasteiger partial charge in [-0.1, -0.05) is 41.9 Å². The second kappa shape index (κ2) is 10.1. The molecule has 27 heavy (non-hydrogen) atoms. The predicted octanol–water partition coefficient (Wildman–Crippen LogP) is 4.23. The van der Waals surface area contributed by atoms with E-state index in [-0.39, 0.29) is 18.9 Å². The van der Waals surface area contributed by atoms with E-state index in [1.807, 2.05) is 12.1 Å². The van der Waals surface area contributed by atoms with Crippen LogP contribution in [-0.2, 0) is 14.3 Å². The molecule has 6 heteroatoms. The molecule has 2 aromatic rings. The first-order chi connectivity index (χ1) is 13.0. The summed E-state index contributed by atoms with van der Waals surface area (Å²) in [6.07, 6.45) is 2.00. The first-order valence-corrected chi connectivity index (χ1v) is 8.76. The SMILES string of the molecule is CC(OC(=O)/C=C/c1cccc(Cl)c1)C(=O)N(CCC#N)c1ccccc1. The van der Waals surface area contributed by atoms with E-state index in [2.05, 4.69) is 0 Å². The summed E-state index contributed by atoms with van der Waals surface area (Å²) < 4.78 is 5.21. The Balaban J connectivity index is 2.03. The molecule has 0 radical (unpaired) electrons. The van der Waals surface area contributed by atoms with Crippen LogP contribution in [0.4, 0.5) is 5.69 Å². The molecule has 0 aromatic heterocycles. The number of amides is 1. The zero-order valence-corrected chi connectivity index (χ0v) is 15.6. The van der Waals surface area contributed by atoms with E-state index in [1.54, 1.807) is 54.6 Å². The first-order valence-electron chi connectivity index (χ1n) is 8.39. The Bertz CT molecular complexity index is 859. The molecule has 2 rings (SSSR count). The molecule has 0 saturated carbocycles. The highest BCUT2D eigenvalue weighted by atomic mass is 35.5. The number of ether oxygens (including phenoxy) is 1. The topological polar surface area (TPSA) is 70.4 Å². The number of nitriles is 1. The van der Waals surface area contributed by atoms with Gasteiger partial charge in [0.25, 0.3) is 5.91 Å². The third-order valence-corrected chi connectivity index (χ3v) is 3.92. The van der Waals surface area contributed by atoms with Crippen LogP contribution in [0.1, 0.15) is 18.9 Å². The molecule has 0 N–H and O–H groups in total. The molecule has 0 aliphatic carbocycles. The number of esters is 1. The van der Waals surface area contributed by atoms with Gasteiger partial charge in [-0.15, -0.1) is 0 Å². The first kappa shape index (κ1) is 20.2. The average molecular weight is 383 g/mol. The summed E-state index contributed by atoms with van der Waals surface area (Å²) in [5.74, 6) is -1.02. The smallest absolute Gasteiger partial charge is 0.331 e. The molecule has 0 aliphatic heterocycles. The molecule has 0 bridgehead atoms. The Morgan fingerprint density at radius 1 is 1.22 bits per heavy atom. The Kier molecular flexibility index (Phi) is 7.60. The van der Waals surface area contributed by atoms with Crippen molar-refractivity contribution in [3.05, 3.63) is 71.3 Å². The van der Waals surface area contributed by atoms with Gasteiger partial charge in [0.2, 0.25) is 0 Å². The van der Waals surface area contributed by atoms with Crippen molar-refractivity contribution in [3.63, 3.8) is 0 Å². The van der Waals surface area contributed by atoms with E-state index in [0.29, 0.717) is 10.7 Å². The maximum Gasteiger partial charge on any atom is 0.331 e. The monoisotopic (exact) mass is 382 g/mol. The number of benzene rings is 2. The van der Waals surface area contributed by atoms with Gasteiger partial charge < -0.3 is 9.64 Å². The van der Waals surface area contributed by atoms with Crippen molar-refractivity contribution in [3.8, 4) is 6.07 Å². The van der Waals surface area contributed by atoms with Gasteiger partial charge in [0.05, 0.1) is 12.5 Å². The summed E-state index contributed by atoms with van der Waals surface area (Å²) in [6.45, 7) is 1.73. The minimum absolute atomic E-state index is 0.177. The lowest BCUT2D eigenvalue weighted by atomic mass is 10.2. The number of anilines is 1. The summed E-state index contributed by atoms with van der Waals surface area (Å²) in [6, 6.07) is 18.0. The molecule has 0 heterocycles. The van der Waals surface area contributed by atoms with E-state index in [1.165, 1.54) is 17.9 Å². The number of carbonyl (C=O) groups is 2. The van der Waals surface area contributed by atoms with Gasteiger partial charge in [-0.3, -0.25) is 4.79 Å². The van der Waals surface area contributed by atoms with Crippen molar-refractivity contribution in [2.75, 3.05) is 11.4 Å². The minimum Gasteiger partial charge on any atom is -0.449 e. The predicted molar refractivity (Wildman–Crippen MR) is 105 cm³/mol. The summed E-state index contributed by atoms with van der Waals surface area (Å²) in [5.41, 5.74) is 1.40. The van der Waals surface area contributed by atoms with Crippen molar-refractivity contribution < 1.29 is 14.3 Å². The number of halogens is 1. The van der Waals surface area contributed by atoms with Crippen LogP contribution in [0.25, 0.3) is 6.08 Å². The fourth-order valence-corrected chi connectivity index (χ4v) is 2.59. The number of nitrogens with zero attached hydrogens (tertiary/aromatic N) is 2. The molecule has 0 fully saturated rings. The van der Waals surface area contributed by atoms with Gasteiger partial charge in [-0.05, 0) is 42.8 Å². The third kappa shape index (κ3) is 6.28. The molecule has 0 saturated heterocycles. The highest BCUT2D eigenvalue weighted by molar-refractivity contribution is 6.30. The van der Waals surface area contributed by atoms with Crippen LogP contribution in [0, 0.1) is 11.3 Å². The van der Waals surface area contributed by atoms with Gasteiger partial charge in [-0.25, -0.2) is 4.79 Å². The van der Waals surface area contributed by atoms with E-state index in [0.717, 1.165) is 5.56 Å². The summed E-state index contributed by atoms with van der Waals surface area (Å²) in [5, 5.41) is 9.39. The fraction of sp³-hybridized carbons (Fsp3) is 0.190. The Morgan fingerprint density at radius 3 is 2.63 bits per heavy atom. The molecule has 138 valence electrons.